The number of likely N-dealkylation sites (N-methyl/N-ethyl adjacent to an activating group) is 1. The maximum Gasteiger partial charge on any atom is 0.326 e. The van der Waals surface area contributed by atoms with E-state index in [1.807, 2.05) is 62.3 Å². The number of ether oxygens (including phenoxy) is 1. The summed E-state index contributed by atoms with van der Waals surface area (Å²) in [5, 5.41) is 53.8. The van der Waals surface area contributed by atoms with E-state index in [1.165, 1.54) is 24.0 Å². The van der Waals surface area contributed by atoms with E-state index < -0.39 is 115 Å². The standard InChI is InChI=1S/C58H73N11O10S.C28H42N4O9S/c1-4-68-36-38-69(39-37-68)45-25-19-41(20-26-45)54(72)64-58(31-7-5-8-32-58)57(76)63-49(29-30-52(70)60-35-34-59-48-15-10-13-47-46(48)12-11-16-51(47)80(77,78)79)55(73)62-50(56(74)75)14-6-9-33-61-53(71)40-17-21-42(22-18-40)65-66-43-23-27-44(28-24-43)67(2)3;1-3-4-6-11-23(27(36)37)30-25(34)22(13-12-20(2)33)29-26(35)24(31-28(38)32-14-16-41-17-15-32)19-42(39,40)18-21-9-7-5-8-10-21/h10-13,15-28,49-50,59H,4-9,14,29-39H2,1-3H3,(H,60,70)(H,61,71)(H,62,73)(H,63,76)(H,64,72)(H,74,75)(H,77,78,79);5,7-10,22-24H,3-4,6,11-19H2,1-2H3,(H,29,35)(H,30,34)(H,31,38)(H,36,37)/t49-,50-;22-,23-,24-/m00/s1. The minimum Gasteiger partial charge on any atom is -0.480 e. The first-order valence-corrected chi connectivity index (χ1v) is 44.6. The van der Waals surface area contributed by atoms with E-state index >= 15 is 0 Å². The fourth-order valence-electron chi connectivity index (χ4n) is 14.3. The van der Waals surface area contributed by atoms with Crippen LogP contribution in [0.15, 0.2) is 155 Å². The molecule has 3 aliphatic rings. The molecule has 5 atom stereocenters. The van der Waals surface area contributed by atoms with Gasteiger partial charge in [-0.1, -0.05) is 107 Å². The zero-order valence-corrected chi connectivity index (χ0v) is 71.4. The van der Waals surface area contributed by atoms with Gasteiger partial charge in [-0.3, -0.25) is 38.1 Å². The molecule has 3 fully saturated rings. The van der Waals surface area contributed by atoms with Gasteiger partial charge in [-0.25, -0.2) is 22.8 Å². The Labute approximate surface area is 711 Å². The van der Waals surface area contributed by atoms with Gasteiger partial charge in [-0.2, -0.15) is 18.6 Å². The zero-order valence-electron chi connectivity index (χ0n) is 69.8. The number of aliphatic carboxylic acids is 2. The first-order chi connectivity index (χ1) is 58.3. The number of carbonyl (C=O) groups excluding carboxylic acids is 9. The number of carboxylic acids is 2. The third-order valence-corrected chi connectivity index (χ3v) is 23.8. The Bertz CT molecular complexity index is 4790. The molecule has 9 amide bonds. The fraction of sp³-hybridized carbons (Fsp3) is 0.477. The summed E-state index contributed by atoms with van der Waals surface area (Å²) in [5.74, 6) is -8.42. The summed E-state index contributed by atoms with van der Waals surface area (Å²) in [6.07, 6.45) is 4.98. The molecule has 36 heteroatoms. The van der Waals surface area contributed by atoms with Gasteiger partial charge in [0.25, 0.3) is 21.9 Å². The van der Waals surface area contributed by atoms with Crippen molar-refractivity contribution >= 4 is 124 Å². The molecule has 0 bridgehead atoms. The second-order valence-electron chi connectivity index (χ2n) is 30.7. The van der Waals surface area contributed by atoms with Crippen molar-refractivity contribution in [1.29, 1.82) is 0 Å². The largest absolute Gasteiger partial charge is 0.480 e. The van der Waals surface area contributed by atoms with Crippen molar-refractivity contribution in [3.63, 3.8) is 0 Å². The van der Waals surface area contributed by atoms with Gasteiger partial charge in [-0.15, -0.1) is 0 Å². The Hall–Kier alpha value is -11.5. The van der Waals surface area contributed by atoms with Crippen LogP contribution >= 0.6 is 0 Å². The lowest BCUT2D eigenvalue weighted by Gasteiger charge is -2.38. The molecule has 2 heterocycles. The first-order valence-electron chi connectivity index (χ1n) is 41.4. The zero-order chi connectivity index (χ0) is 88.4. The molecule has 12 N–H and O–H groups in total. The van der Waals surface area contributed by atoms with E-state index in [0.717, 1.165) is 63.4 Å². The van der Waals surface area contributed by atoms with Gasteiger partial charge < -0.3 is 87.2 Å². The number of anilines is 3. The predicted molar refractivity (Wildman–Crippen MR) is 462 cm³/mol. The summed E-state index contributed by atoms with van der Waals surface area (Å²) in [5.41, 5.74) is 3.68. The summed E-state index contributed by atoms with van der Waals surface area (Å²) in [6, 6.07) is 31.7. The molecule has 0 aromatic heterocycles. The number of unbranched alkanes of at least 4 members (excludes halogenated alkanes) is 3. The number of morpholine rings is 1. The summed E-state index contributed by atoms with van der Waals surface area (Å²) < 4.78 is 65.2. The third kappa shape index (κ3) is 30.6. The molecule has 122 heavy (non-hydrogen) atoms. The van der Waals surface area contributed by atoms with Gasteiger partial charge >= 0.3 is 18.0 Å². The highest BCUT2D eigenvalue weighted by atomic mass is 32.2. The number of fused-ring (bicyclic) bond motifs is 1. The molecular formula is C86H115N15O19S2. The van der Waals surface area contributed by atoms with E-state index in [9.17, 15) is 84.3 Å². The Kier molecular flexibility index (Phi) is 37.5. The number of azo groups is 1. The van der Waals surface area contributed by atoms with E-state index in [-0.39, 0.29) is 107 Å². The topological polar surface area (TPSA) is 472 Å². The number of nitrogens with one attached hydrogen (secondary N) is 9. The maximum absolute atomic E-state index is 14.6. The highest BCUT2D eigenvalue weighted by Crippen LogP contribution is 2.32. The van der Waals surface area contributed by atoms with Crippen LogP contribution in [0.1, 0.15) is 150 Å². The summed E-state index contributed by atoms with van der Waals surface area (Å²) in [7, 11) is -4.52. The number of benzene rings is 6. The number of hydrogen-bond acceptors (Lipinski definition) is 22. The number of urea groups is 1. The minimum absolute atomic E-state index is 0.00970. The summed E-state index contributed by atoms with van der Waals surface area (Å²) in [4.78, 5) is 152. The SMILES string of the molecule is CCCCC[C@H](NC(=O)[C@H](CCC(C)=O)NC(=O)[C@H](CS(=O)(=O)Cc1ccccc1)NC(=O)N1CCOCC1)C(=O)O.CCN1CCN(c2ccc(C(=O)NC3(C(=O)N[C@@H](CCC(=O)NCCNc4cccc5c(S(=O)(=O)O)cccc45)C(=O)N[C@@H](CCCCNC(=O)c4ccc(N=Nc5ccc(N(C)C)cc5)cc4)C(=O)O)CCCCC3)cc2)CC1. The lowest BCUT2D eigenvalue weighted by atomic mass is 9.80. The smallest absolute Gasteiger partial charge is 0.326 e. The van der Waals surface area contributed by atoms with Crippen molar-refractivity contribution < 1.29 is 89.1 Å². The van der Waals surface area contributed by atoms with Gasteiger partial charge in [0.2, 0.25) is 29.5 Å². The molecule has 1 saturated carbocycles. The minimum atomic E-state index is -4.49. The molecule has 0 spiro atoms. The van der Waals surface area contributed by atoms with Crippen LogP contribution in [0.5, 0.6) is 0 Å². The Morgan fingerprint density at radius 1 is 0.541 bits per heavy atom. The lowest BCUT2D eigenvalue weighted by Crippen LogP contribution is -2.63. The van der Waals surface area contributed by atoms with Crippen molar-refractivity contribution in [2.45, 2.75) is 170 Å². The van der Waals surface area contributed by atoms with E-state index in [0.29, 0.717) is 89.5 Å². The molecule has 0 radical (unpaired) electrons. The molecule has 9 rings (SSSR count). The molecule has 34 nitrogen and oxygen atoms in total. The van der Waals surface area contributed by atoms with Crippen LogP contribution in [-0.2, 0) is 68.8 Å². The number of carboxylic acid groups (broad SMARTS) is 2. The van der Waals surface area contributed by atoms with Crippen molar-refractivity contribution in [1.82, 2.24) is 52.3 Å². The summed E-state index contributed by atoms with van der Waals surface area (Å²) >= 11 is 0. The van der Waals surface area contributed by atoms with Gasteiger partial charge in [0.15, 0.2) is 9.84 Å². The number of amides is 9. The molecule has 0 unspecified atom stereocenters. The number of piperazine rings is 1. The van der Waals surface area contributed by atoms with Gasteiger partial charge in [0, 0.05) is 125 Å². The molecule has 6 aromatic rings. The van der Waals surface area contributed by atoms with Crippen molar-refractivity contribution in [3.8, 4) is 0 Å². The molecule has 2 saturated heterocycles. The lowest BCUT2D eigenvalue weighted by molar-refractivity contribution is -0.143. The number of carbonyl (C=O) groups is 11. The summed E-state index contributed by atoms with van der Waals surface area (Å²) in [6.45, 7) is 11.6. The Morgan fingerprint density at radius 2 is 1.10 bits per heavy atom. The van der Waals surface area contributed by atoms with Crippen LogP contribution in [0.4, 0.5) is 33.2 Å². The van der Waals surface area contributed by atoms with Crippen molar-refractivity contribution in [2.24, 2.45) is 10.2 Å². The number of nitrogens with zero attached hydrogens (tertiary/aromatic N) is 6. The van der Waals surface area contributed by atoms with Crippen molar-refractivity contribution in [2.75, 3.05) is 114 Å². The molecular weight excluding hydrogens is 1610 g/mol. The number of ketones is 1. The van der Waals surface area contributed by atoms with Gasteiger partial charge in [0.05, 0.1) is 36.1 Å². The number of Topliss-reactive ketones (excluding diaryl/α,β-unsaturated/α-hetero) is 1. The Morgan fingerprint density at radius 3 is 1.69 bits per heavy atom. The van der Waals surface area contributed by atoms with Crippen LogP contribution < -0.4 is 57.7 Å². The Balaban J connectivity index is 0.000000371. The molecule has 1 aliphatic carbocycles. The van der Waals surface area contributed by atoms with Crippen LogP contribution in [0.3, 0.4) is 0 Å². The molecule has 660 valence electrons. The first kappa shape index (κ1) is 96.0. The number of hydrogen-bond donors (Lipinski definition) is 12. The second kappa shape index (κ2) is 47.7. The van der Waals surface area contributed by atoms with E-state index in [4.69, 9.17) is 4.74 Å². The molecule has 6 aromatic carbocycles. The van der Waals surface area contributed by atoms with E-state index in [2.05, 4.69) is 74.8 Å². The van der Waals surface area contributed by atoms with Crippen LogP contribution in [0, 0.1) is 0 Å². The third-order valence-electron chi connectivity index (χ3n) is 21.3. The average Bonchev–Trinajstić information content (AvgIpc) is 0.791. The monoisotopic (exact) mass is 1730 g/mol. The van der Waals surface area contributed by atoms with Gasteiger partial charge in [-0.05, 0) is 155 Å². The van der Waals surface area contributed by atoms with Crippen LogP contribution in [-0.4, -0.2) is 241 Å². The average molecular weight is 1730 g/mol. The normalized spacial score (nSPS) is 15.4. The van der Waals surface area contributed by atoms with Crippen molar-refractivity contribution in [3.05, 3.63) is 156 Å². The number of rotatable bonds is 43. The van der Waals surface area contributed by atoms with Crippen LogP contribution in [0.25, 0.3) is 10.8 Å². The second-order valence-corrected chi connectivity index (χ2v) is 34.2. The predicted octanol–water partition coefficient (Wildman–Crippen LogP) is 7.82. The fourth-order valence-corrected chi connectivity index (χ4v) is 16.5. The maximum atomic E-state index is 14.6. The number of sulfone groups is 1. The van der Waals surface area contributed by atoms with Gasteiger partial charge in [0.1, 0.15) is 46.4 Å². The quantitative estimate of drug-likeness (QED) is 0.00985. The van der Waals surface area contributed by atoms with E-state index in [1.54, 1.807) is 91.0 Å². The molecule has 2 aliphatic heterocycles. The van der Waals surface area contributed by atoms with Crippen LogP contribution in [0.2, 0.25) is 0 Å². The highest BCUT2D eigenvalue weighted by molar-refractivity contribution is 7.90. The highest BCUT2D eigenvalue weighted by Gasteiger charge is 2.43.